The number of anilines is 1. The zero-order valence-corrected chi connectivity index (χ0v) is 11.5. The van der Waals surface area contributed by atoms with Crippen LogP contribution in [0.2, 0.25) is 0 Å². The summed E-state index contributed by atoms with van der Waals surface area (Å²) >= 11 is 0. The van der Waals surface area contributed by atoms with E-state index in [1.807, 2.05) is 19.1 Å². The van der Waals surface area contributed by atoms with Gasteiger partial charge in [-0.3, -0.25) is 0 Å². The van der Waals surface area contributed by atoms with E-state index in [0.29, 0.717) is 0 Å². The summed E-state index contributed by atoms with van der Waals surface area (Å²) in [7, 11) is 2.21. The minimum atomic E-state index is 0.723. The highest BCUT2D eigenvalue weighted by molar-refractivity contribution is 5.46. The summed E-state index contributed by atoms with van der Waals surface area (Å²) < 4.78 is 5.43. The largest absolute Gasteiger partial charge is 0.494 e. The molecule has 0 spiro atoms. The number of piperidine rings is 1. The van der Waals surface area contributed by atoms with E-state index in [4.69, 9.17) is 4.74 Å². The van der Waals surface area contributed by atoms with Crippen LogP contribution < -0.4 is 10.1 Å². The Hall–Kier alpha value is -1.22. The average Bonchev–Trinajstić information content (AvgIpc) is 2.38. The molecule has 0 aromatic heterocycles. The summed E-state index contributed by atoms with van der Waals surface area (Å²) in [6.45, 7) is 6.26. The van der Waals surface area contributed by atoms with Crippen LogP contribution in [0.1, 0.15) is 19.8 Å². The van der Waals surface area contributed by atoms with E-state index in [2.05, 4.69) is 29.4 Å². The van der Waals surface area contributed by atoms with Crippen molar-refractivity contribution < 1.29 is 4.74 Å². The highest BCUT2D eigenvalue weighted by Crippen LogP contribution is 2.18. The lowest BCUT2D eigenvalue weighted by molar-refractivity contribution is 0.217. The highest BCUT2D eigenvalue weighted by atomic mass is 16.5. The Morgan fingerprint density at radius 1 is 1.33 bits per heavy atom. The molecule has 0 radical (unpaired) electrons. The fourth-order valence-electron chi connectivity index (χ4n) is 2.54. The molecular weight excluding hydrogens is 224 g/mol. The van der Waals surface area contributed by atoms with E-state index in [-0.39, 0.29) is 0 Å². The number of nitrogens with zero attached hydrogens (tertiary/aromatic N) is 1. The summed E-state index contributed by atoms with van der Waals surface area (Å²) in [4.78, 5) is 2.42. The van der Waals surface area contributed by atoms with E-state index in [9.17, 15) is 0 Å². The Labute approximate surface area is 110 Å². The van der Waals surface area contributed by atoms with Gasteiger partial charge in [-0.15, -0.1) is 0 Å². The van der Waals surface area contributed by atoms with Gasteiger partial charge in [0.05, 0.1) is 6.61 Å². The minimum absolute atomic E-state index is 0.723. The molecule has 1 heterocycles. The fraction of sp³-hybridized carbons (Fsp3) is 0.600. The molecule has 1 N–H and O–H groups in total. The molecule has 1 unspecified atom stereocenters. The number of rotatable bonds is 5. The third-order valence-corrected chi connectivity index (χ3v) is 3.48. The Balaban J connectivity index is 1.78. The van der Waals surface area contributed by atoms with Crippen molar-refractivity contribution in [1.82, 2.24) is 4.90 Å². The van der Waals surface area contributed by atoms with Crippen molar-refractivity contribution in [1.29, 1.82) is 0 Å². The van der Waals surface area contributed by atoms with Gasteiger partial charge in [0, 0.05) is 18.8 Å². The number of benzene rings is 1. The van der Waals surface area contributed by atoms with Crippen LogP contribution in [0.4, 0.5) is 5.69 Å². The van der Waals surface area contributed by atoms with Gasteiger partial charge in [-0.2, -0.15) is 0 Å². The van der Waals surface area contributed by atoms with Crippen LogP contribution in [0, 0.1) is 5.92 Å². The van der Waals surface area contributed by atoms with Crippen LogP contribution in [0.25, 0.3) is 0 Å². The van der Waals surface area contributed by atoms with Gasteiger partial charge in [-0.25, -0.2) is 0 Å². The van der Waals surface area contributed by atoms with Crippen LogP contribution in [-0.4, -0.2) is 38.2 Å². The van der Waals surface area contributed by atoms with Gasteiger partial charge >= 0.3 is 0 Å². The standard InChI is InChI=1S/C15H24N2O/c1-3-18-15-8-6-14(7-9-15)16-11-13-5-4-10-17(2)12-13/h6-9,13,16H,3-5,10-12H2,1-2H3. The van der Waals surface area contributed by atoms with Crippen LogP contribution in [0.3, 0.4) is 0 Å². The zero-order valence-electron chi connectivity index (χ0n) is 11.5. The van der Waals surface area contributed by atoms with Crippen molar-refractivity contribution in [3.63, 3.8) is 0 Å². The molecule has 2 rings (SSSR count). The number of likely N-dealkylation sites (tertiary alicyclic amines) is 1. The lowest BCUT2D eigenvalue weighted by Gasteiger charge is -2.29. The molecule has 0 bridgehead atoms. The Bertz CT molecular complexity index is 350. The molecule has 100 valence electrons. The number of nitrogens with one attached hydrogen (secondary N) is 1. The molecule has 0 saturated carbocycles. The third kappa shape index (κ3) is 3.91. The maximum atomic E-state index is 5.43. The first-order chi connectivity index (χ1) is 8.78. The van der Waals surface area contributed by atoms with Crippen molar-refractivity contribution in [2.75, 3.05) is 38.6 Å². The van der Waals surface area contributed by atoms with Gasteiger partial charge in [0.15, 0.2) is 0 Å². The second kappa shape index (κ2) is 6.64. The molecular formula is C15H24N2O. The molecule has 1 aliphatic rings. The van der Waals surface area contributed by atoms with Gasteiger partial charge in [-0.05, 0) is 63.5 Å². The van der Waals surface area contributed by atoms with Gasteiger partial charge < -0.3 is 15.0 Å². The normalized spacial score (nSPS) is 20.7. The van der Waals surface area contributed by atoms with Crippen LogP contribution in [0.5, 0.6) is 5.75 Å². The van der Waals surface area contributed by atoms with Crippen LogP contribution >= 0.6 is 0 Å². The second-order valence-electron chi connectivity index (χ2n) is 5.11. The third-order valence-electron chi connectivity index (χ3n) is 3.48. The molecule has 1 atom stereocenters. The summed E-state index contributed by atoms with van der Waals surface area (Å²) in [5.41, 5.74) is 1.19. The van der Waals surface area contributed by atoms with E-state index >= 15 is 0 Å². The van der Waals surface area contributed by atoms with Crippen molar-refractivity contribution >= 4 is 5.69 Å². The molecule has 1 aromatic carbocycles. The molecule has 0 aliphatic carbocycles. The van der Waals surface area contributed by atoms with Crippen molar-refractivity contribution in [2.45, 2.75) is 19.8 Å². The van der Waals surface area contributed by atoms with E-state index in [1.165, 1.54) is 31.6 Å². The van der Waals surface area contributed by atoms with Gasteiger partial charge in [0.1, 0.15) is 5.75 Å². The van der Waals surface area contributed by atoms with Crippen molar-refractivity contribution in [3.05, 3.63) is 24.3 Å². The van der Waals surface area contributed by atoms with E-state index < -0.39 is 0 Å². The monoisotopic (exact) mass is 248 g/mol. The molecule has 3 heteroatoms. The maximum Gasteiger partial charge on any atom is 0.119 e. The lowest BCUT2D eigenvalue weighted by atomic mass is 9.98. The summed E-state index contributed by atoms with van der Waals surface area (Å²) in [5, 5.41) is 3.52. The van der Waals surface area contributed by atoms with Gasteiger partial charge in [-0.1, -0.05) is 0 Å². The zero-order chi connectivity index (χ0) is 12.8. The second-order valence-corrected chi connectivity index (χ2v) is 5.11. The smallest absolute Gasteiger partial charge is 0.119 e. The SMILES string of the molecule is CCOc1ccc(NCC2CCCN(C)C2)cc1. The summed E-state index contributed by atoms with van der Waals surface area (Å²) in [6.07, 6.45) is 2.67. The van der Waals surface area contributed by atoms with Gasteiger partial charge in [0.2, 0.25) is 0 Å². The predicted octanol–water partition coefficient (Wildman–Crippen LogP) is 2.84. The molecule has 1 aliphatic heterocycles. The average molecular weight is 248 g/mol. The summed E-state index contributed by atoms with van der Waals surface area (Å²) in [6, 6.07) is 8.24. The number of hydrogen-bond donors (Lipinski definition) is 1. The maximum absolute atomic E-state index is 5.43. The van der Waals surface area contributed by atoms with Gasteiger partial charge in [0.25, 0.3) is 0 Å². The molecule has 0 amide bonds. The van der Waals surface area contributed by atoms with E-state index in [1.54, 1.807) is 0 Å². The first kappa shape index (κ1) is 13.2. The lowest BCUT2D eigenvalue weighted by Crippen LogP contribution is -2.35. The quantitative estimate of drug-likeness (QED) is 0.867. The van der Waals surface area contributed by atoms with Crippen molar-refractivity contribution in [3.8, 4) is 5.75 Å². The molecule has 3 nitrogen and oxygen atoms in total. The Morgan fingerprint density at radius 3 is 2.78 bits per heavy atom. The fourth-order valence-corrected chi connectivity index (χ4v) is 2.54. The van der Waals surface area contributed by atoms with Crippen LogP contribution in [-0.2, 0) is 0 Å². The Kier molecular flexibility index (Phi) is 4.88. The van der Waals surface area contributed by atoms with Crippen LogP contribution in [0.15, 0.2) is 24.3 Å². The molecule has 18 heavy (non-hydrogen) atoms. The highest BCUT2D eigenvalue weighted by Gasteiger charge is 2.16. The Morgan fingerprint density at radius 2 is 2.11 bits per heavy atom. The molecule has 1 saturated heterocycles. The topological polar surface area (TPSA) is 24.5 Å². The van der Waals surface area contributed by atoms with Crippen molar-refractivity contribution in [2.24, 2.45) is 5.92 Å². The number of ether oxygens (including phenoxy) is 1. The predicted molar refractivity (Wildman–Crippen MR) is 76.3 cm³/mol. The molecule has 1 fully saturated rings. The first-order valence-electron chi connectivity index (χ1n) is 6.93. The summed E-state index contributed by atoms with van der Waals surface area (Å²) in [5.74, 6) is 1.72. The first-order valence-corrected chi connectivity index (χ1v) is 6.93. The molecule has 1 aromatic rings. The minimum Gasteiger partial charge on any atom is -0.494 e. The van der Waals surface area contributed by atoms with E-state index in [0.717, 1.165) is 24.8 Å². The number of hydrogen-bond acceptors (Lipinski definition) is 3.